The number of benzene rings is 4. The molecule has 0 saturated carbocycles. The Bertz CT molecular complexity index is 2080. The topological polar surface area (TPSA) is 58.2 Å². The SMILES string of the molecule is CCCCC1=Cc2c(-c3cccc(C)c3C)cccc2[CH]1[Zr]([Cl])([Cl])([B](NC(=O)CC)NC(=O)CC)[CH]1C(CCCC)=Cc2c(-c3cccc(C)c3C)cccc21. The molecule has 4 aromatic carbocycles. The first-order chi connectivity index (χ1) is 26.8. The molecule has 2 N–H and O–H groups in total. The number of fused-ring (bicyclic) bond motifs is 2. The van der Waals surface area contributed by atoms with Gasteiger partial charge in [0.1, 0.15) is 0 Å². The van der Waals surface area contributed by atoms with E-state index in [1.165, 1.54) is 44.5 Å². The molecule has 0 bridgehead atoms. The summed E-state index contributed by atoms with van der Waals surface area (Å²) in [5.41, 5.74) is 16.5. The number of carbonyl (C=O) groups excluding carboxylic acids is 2. The first-order valence-corrected chi connectivity index (χ1v) is 31.3. The van der Waals surface area contributed by atoms with E-state index in [9.17, 15) is 9.59 Å². The van der Waals surface area contributed by atoms with Crippen molar-refractivity contribution in [3.8, 4) is 22.3 Å². The Balaban J connectivity index is 1.72. The Labute approximate surface area is 344 Å². The van der Waals surface area contributed by atoms with Crippen molar-refractivity contribution in [1.29, 1.82) is 0 Å². The van der Waals surface area contributed by atoms with Crippen LogP contribution in [0.5, 0.6) is 0 Å². The summed E-state index contributed by atoms with van der Waals surface area (Å²) in [5, 5.41) is 6.62. The molecule has 0 aliphatic heterocycles. The van der Waals surface area contributed by atoms with Crippen LogP contribution in [-0.2, 0) is 25.8 Å². The van der Waals surface area contributed by atoms with E-state index in [0.717, 1.165) is 71.9 Å². The van der Waals surface area contributed by atoms with Gasteiger partial charge in [-0.2, -0.15) is 0 Å². The Hall–Kier alpha value is -3.17. The summed E-state index contributed by atoms with van der Waals surface area (Å²) in [6, 6.07) is 26.1. The summed E-state index contributed by atoms with van der Waals surface area (Å²) >= 11 is -6.00. The quantitative estimate of drug-likeness (QED) is 0.117. The van der Waals surface area contributed by atoms with Gasteiger partial charge in [0.15, 0.2) is 0 Å². The number of aryl methyl sites for hydroxylation is 2. The molecular weight excluding hydrogens is 809 g/mol. The molecule has 2 unspecified atom stereocenters. The standard InChI is InChI=1S/2C21H23.C6H11BN2O2.2ClH.Zr/c2*1-4-5-9-17-13-18-10-7-12-20(21(18)14-17)19-11-6-8-15(2)16(19)3;1-3-5(10)8-7-9-6(11)4-2;;;/h2*6-8,10-14H,4-5,9H2,1-3H3;3-4H2,1-2H3,(H-,8,9,10,11);2*1H;/q;;;;;+1/p-1. The van der Waals surface area contributed by atoms with Crippen molar-refractivity contribution in [3.63, 3.8) is 0 Å². The van der Waals surface area contributed by atoms with Crippen LogP contribution in [0.3, 0.4) is 0 Å². The fourth-order valence-electron chi connectivity index (χ4n) is 9.32. The summed E-state index contributed by atoms with van der Waals surface area (Å²) < 4.78 is -1.69. The van der Waals surface area contributed by atoms with Gasteiger partial charge in [-0.3, -0.25) is 0 Å². The van der Waals surface area contributed by atoms with Crippen LogP contribution in [0.4, 0.5) is 0 Å². The normalized spacial score (nSPS) is 16.6. The number of allylic oxidation sites excluding steroid dienone is 2. The van der Waals surface area contributed by atoms with Gasteiger partial charge >= 0.3 is 346 Å². The number of hydrogen-bond acceptors (Lipinski definition) is 2. The summed E-state index contributed by atoms with van der Waals surface area (Å²) in [6.07, 6.45) is 10.8. The molecular formula is C48H58BCl2N2O2Zr. The fourth-order valence-corrected chi connectivity index (χ4v) is 30.1. The van der Waals surface area contributed by atoms with Gasteiger partial charge in [-0.05, 0) is 0 Å². The monoisotopic (exact) mass is 865 g/mol. The Morgan fingerprint density at radius 3 is 1.34 bits per heavy atom. The first-order valence-electron chi connectivity index (χ1n) is 20.8. The molecule has 2 aliphatic rings. The van der Waals surface area contributed by atoms with Crippen molar-refractivity contribution in [2.75, 3.05) is 0 Å². The van der Waals surface area contributed by atoms with Gasteiger partial charge in [-0.25, -0.2) is 0 Å². The maximum atomic E-state index is 13.8. The minimum atomic E-state index is -6.00. The number of halogens is 2. The van der Waals surface area contributed by atoms with Crippen LogP contribution >= 0.6 is 17.0 Å². The van der Waals surface area contributed by atoms with Crippen molar-refractivity contribution in [2.45, 2.75) is 114 Å². The Morgan fingerprint density at radius 2 is 0.964 bits per heavy atom. The van der Waals surface area contributed by atoms with E-state index < -0.39 is 20.7 Å². The van der Waals surface area contributed by atoms with E-state index in [1.807, 2.05) is 13.8 Å². The van der Waals surface area contributed by atoms with Gasteiger partial charge in [-0.1, -0.05) is 0 Å². The minimum absolute atomic E-state index is 0.184. The van der Waals surface area contributed by atoms with Crippen LogP contribution < -0.4 is 10.5 Å². The third-order valence-electron chi connectivity index (χ3n) is 12.6. The fraction of sp³-hybridized carbons (Fsp3) is 0.375. The Morgan fingerprint density at radius 1 is 0.589 bits per heavy atom. The predicted molar refractivity (Wildman–Crippen MR) is 238 cm³/mol. The molecule has 2 amide bonds. The third kappa shape index (κ3) is 7.60. The number of hydrogen-bond donors (Lipinski definition) is 2. The van der Waals surface area contributed by atoms with Crippen LogP contribution in [0.1, 0.15) is 131 Å². The average molecular weight is 868 g/mol. The molecule has 0 fully saturated rings. The van der Waals surface area contributed by atoms with Crippen LogP contribution in [0.25, 0.3) is 34.4 Å². The number of carbonyl (C=O) groups is 2. The van der Waals surface area contributed by atoms with E-state index >= 15 is 0 Å². The van der Waals surface area contributed by atoms with Crippen molar-refractivity contribution < 1.29 is 25.8 Å². The number of nitrogens with one attached hydrogen (secondary N) is 2. The van der Waals surface area contributed by atoms with Crippen LogP contribution in [0.2, 0.25) is 0 Å². The number of rotatable bonds is 15. The first kappa shape index (κ1) is 42.4. The van der Waals surface area contributed by atoms with Crippen LogP contribution in [-0.4, -0.2) is 16.3 Å². The van der Waals surface area contributed by atoms with Crippen molar-refractivity contribution in [2.24, 2.45) is 0 Å². The molecule has 4 aromatic rings. The number of amides is 2. The van der Waals surface area contributed by atoms with E-state index in [4.69, 9.17) is 17.0 Å². The molecule has 56 heavy (non-hydrogen) atoms. The van der Waals surface area contributed by atoms with E-state index in [2.05, 4.69) is 137 Å². The molecule has 6 rings (SSSR count). The zero-order valence-corrected chi connectivity index (χ0v) is 38.5. The molecule has 8 heteroatoms. The van der Waals surface area contributed by atoms with Gasteiger partial charge in [-0.15, -0.1) is 0 Å². The van der Waals surface area contributed by atoms with Gasteiger partial charge in [0.2, 0.25) is 0 Å². The van der Waals surface area contributed by atoms with Gasteiger partial charge in [0.05, 0.1) is 0 Å². The summed E-state index contributed by atoms with van der Waals surface area (Å²) in [6.45, 7) is 16.8. The Kier molecular flexibility index (Phi) is 13.2. The second kappa shape index (κ2) is 17.4. The second-order valence-corrected chi connectivity index (χ2v) is 37.5. The number of unbranched alkanes of at least 4 members (excludes halogenated alkanes) is 2. The molecule has 2 atom stereocenters. The average Bonchev–Trinajstić information content (AvgIpc) is 3.78. The van der Waals surface area contributed by atoms with Crippen LogP contribution in [0.15, 0.2) is 83.9 Å². The molecule has 0 aromatic heterocycles. The zero-order chi connectivity index (χ0) is 40.4. The zero-order valence-electron chi connectivity index (χ0n) is 34.5. The predicted octanol–water partition coefficient (Wildman–Crippen LogP) is 13.2. The van der Waals surface area contributed by atoms with Gasteiger partial charge in [0, 0.05) is 0 Å². The third-order valence-corrected chi connectivity index (χ3v) is 32.6. The second-order valence-electron chi connectivity index (χ2n) is 16.1. The van der Waals surface area contributed by atoms with Gasteiger partial charge < -0.3 is 0 Å². The summed E-state index contributed by atoms with van der Waals surface area (Å²) in [4.78, 5) is 27.5. The maximum absolute atomic E-state index is 13.8. The van der Waals surface area contributed by atoms with Crippen LogP contribution in [0, 0.1) is 27.7 Å². The van der Waals surface area contributed by atoms with E-state index in [1.54, 1.807) is 0 Å². The molecule has 4 nitrogen and oxygen atoms in total. The molecule has 2 aliphatic carbocycles. The van der Waals surface area contributed by atoms with Crippen molar-refractivity contribution in [1.82, 2.24) is 10.5 Å². The summed E-state index contributed by atoms with van der Waals surface area (Å²) in [5.74, 6) is -0.369. The molecule has 0 spiro atoms. The summed E-state index contributed by atoms with van der Waals surface area (Å²) in [7, 11) is 17.9. The van der Waals surface area contributed by atoms with E-state index in [-0.39, 0.29) is 31.9 Å². The van der Waals surface area contributed by atoms with Crippen molar-refractivity contribution in [3.05, 3.63) is 128 Å². The molecule has 0 heterocycles. The van der Waals surface area contributed by atoms with E-state index in [0.29, 0.717) is 0 Å². The molecule has 0 saturated heterocycles. The molecule has 0 radical (unpaired) electrons. The van der Waals surface area contributed by atoms with Crippen molar-refractivity contribution >= 4 is 45.5 Å². The van der Waals surface area contributed by atoms with Gasteiger partial charge in [0.25, 0.3) is 0 Å². The molecule has 293 valence electrons.